The van der Waals surface area contributed by atoms with Gasteiger partial charge in [0.25, 0.3) is 0 Å². The van der Waals surface area contributed by atoms with Crippen LogP contribution in [-0.2, 0) is 11.3 Å². The molecule has 0 unspecified atom stereocenters. The minimum absolute atomic E-state index is 0.475. The zero-order valence-electron chi connectivity index (χ0n) is 12.1. The van der Waals surface area contributed by atoms with Gasteiger partial charge in [-0.1, -0.05) is 18.2 Å². The Labute approximate surface area is 127 Å². The molecular formula is C18H14N2O2. The SMILES string of the molecule is CCn1c2ccccc2c2cc(/C=C\C(=O)O)c(C#N)cc21. The average molecular weight is 290 g/mol. The second-order valence-electron chi connectivity index (χ2n) is 5.00. The Balaban J connectivity index is 2.39. The van der Waals surface area contributed by atoms with E-state index in [0.29, 0.717) is 11.1 Å². The molecule has 4 heteroatoms. The van der Waals surface area contributed by atoms with Crippen molar-refractivity contribution in [2.45, 2.75) is 13.5 Å². The number of carboxylic acid groups (broad SMARTS) is 1. The number of hydrogen-bond acceptors (Lipinski definition) is 2. The number of rotatable bonds is 3. The zero-order valence-corrected chi connectivity index (χ0v) is 12.1. The molecule has 0 aliphatic heterocycles. The van der Waals surface area contributed by atoms with Crippen molar-refractivity contribution in [3.8, 4) is 6.07 Å². The predicted octanol–water partition coefficient (Wildman–Crippen LogP) is 3.78. The van der Waals surface area contributed by atoms with Crippen LogP contribution in [0.5, 0.6) is 0 Å². The van der Waals surface area contributed by atoms with E-state index in [4.69, 9.17) is 5.11 Å². The fraction of sp³-hybridized carbons (Fsp3) is 0.111. The molecule has 1 aromatic heterocycles. The molecule has 0 saturated heterocycles. The summed E-state index contributed by atoms with van der Waals surface area (Å²) in [6, 6.07) is 13.9. The van der Waals surface area contributed by atoms with Crippen LogP contribution < -0.4 is 0 Å². The number of nitrogens with zero attached hydrogens (tertiary/aromatic N) is 2. The molecule has 4 nitrogen and oxygen atoms in total. The van der Waals surface area contributed by atoms with E-state index in [1.807, 2.05) is 30.3 Å². The molecule has 0 aliphatic rings. The van der Waals surface area contributed by atoms with Crippen LogP contribution in [0.3, 0.4) is 0 Å². The number of aryl methyl sites for hydroxylation is 1. The Morgan fingerprint density at radius 2 is 2.05 bits per heavy atom. The summed E-state index contributed by atoms with van der Waals surface area (Å²) in [5.41, 5.74) is 3.20. The third kappa shape index (κ3) is 2.13. The molecule has 1 N–H and O–H groups in total. The standard InChI is InChI=1S/C18H14N2O2/c1-2-20-16-6-4-3-5-14(16)15-9-12(7-8-18(21)22)13(11-19)10-17(15)20/h3-10H,2H2,1H3,(H,21,22)/b8-7-. The van der Waals surface area contributed by atoms with Crippen molar-refractivity contribution in [2.24, 2.45) is 0 Å². The molecule has 22 heavy (non-hydrogen) atoms. The monoisotopic (exact) mass is 290 g/mol. The zero-order chi connectivity index (χ0) is 15.7. The molecular weight excluding hydrogens is 276 g/mol. The maximum absolute atomic E-state index is 10.7. The number of aliphatic carboxylic acids is 1. The van der Waals surface area contributed by atoms with Gasteiger partial charge in [-0.15, -0.1) is 0 Å². The van der Waals surface area contributed by atoms with E-state index in [1.165, 1.54) is 6.08 Å². The van der Waals surface area contributed by atoms with Crippen molar-refractivity contribution in [2.75, 3.05) is 0 Å². The van der Waals surface area contributed by atoms with Crippen LogP contribution in [0.1, 0.15) is 18.1 Å². The van der Waals surface area contributed by atoms with Crippen LogP contribution in [-0.4, -0.2) is 15.6 Å². The van der Waals surface area contributed by atoms with E-state index < -0.39 is 5.97 Å². The molecule has 3 aromatic rings. The van der Waals surface area contributed by atoms with Gasteiger partial charge in [-0.3, -0.25) is 0 Å². The maximum Gasteiger partial charge on any atom is 0.328 e. The third-order valence-electron chi connectivity index (χ3n) is 3.79. The van der Waals surface area contributed by atoms with Gasteiger partial charge in [0.05, 0.1) is 17.1 Å². The molecule has 108 valence electrons. The van der Waals surface area contributed by atoms with Gasteiger partial charge in [0.15, 0.2) is 0 Å². The highest BCUT2D eigenvalue weighted by Crippen LogP contribution is 2.31. The summed E-state index contributed by atoms with van der Waals surface area (Å²) in [5.74, 6) is -1.03. The molecule has 0 saturated carbocycles. The molecule has 2 aromatic carbocycles. The Hall–Kier alpha value is -3.06. The highest BCUT2D eigenvalue weighted by atomic mass is 16.4. The first-order chi connectivity index (χ1) is 10.7. The lowest BCUT2D eigenvalue weighted by Gasteiger charge is -2.04. The lowest BCUT2D eigenvalue weighted by molar-refractivity contribution is -0.131. The van der Waals surface area contributed by atoms with Gasteiger partial charge in [0.2, 0.25) is 0 Å². The van der Waals surface area contributed by atoms with Crippen molar-refractivity contribution in [1.82, 2.24) is 4.57 Å². The van der Waals surface area contributed by atoms with Gasteiger partial charge in [-0.25, -0.2) is 4.79 Å². The average Bonchev–Trinajstić information content (AvgIpc) is 2.84. The first-order valence-electron chi connectivity index (χ1n) is 7.01. The second kappa shape index (κ2) is 5.38. The summed E-state index contributed by atoms with van der Waals surface area (Å²) in [6.07, 6.45) is 2.53. The quantitative estimate of drug-likeness (QED) is 0.746. The van der Waals surface area contributed by atoms with Crippen LogP contribution in [0.4, 0.5) is 0 Å². The minimum Gasteiger partial charge on any atom is -0.478 e. The number of nitriles is 1. The number of carbonyl (C=O) groups is 1. The first-order valence-corrected chi connectivity index (χ1v) is 7.01. The highest BCUT2D eigenvalue weighted by molar-refractivity contribution is 6.09. The highest BCUT2D eigenvalue weighted by Gasteiger charge is 2.12. The van der Waals surface area contributed by atoms with E-state index in [2.05, 4.69) is 23.6 Å². The molecule has 0 spiro atoms. The second-order valence-corrected chi connectivity index (χ2v) is 5.00. The smallest absolute Gasteiger partial charge is 0.328 e. The molecule has 0 bridgehead atoms. The van der Waals surface area contributed by atoms with Gasteiger partial charge in [0, 0.05) is 28.9 Å². The molecule has 3 rings (SSSR count). The predicted molar refractivity (Wildman–Crippen MR) is 86.5 cm³/mol. The summed E-state index contributed by atoms with van der Waals surface area (Å²) in [5, 5.41) is 20.3. The fourth-order valence-corrected chi connectivity index (χ4v) is 2.85. The Morgan fingerprint density at radius 3 is 2.73 bits per heavy atom. The maximum atomic E-state index is 10.7. The Kier molecular flexibility index (Phi) is 3.40. The summed E-state index contributed by atoms with van der Waals surface area (Å²) in [6.45, 7) is 2.87. The Bertz CT molecular complexity index is 959. The topological polar surface area (TPSA) is 66.0 Å². The summed E-state index contributed by atoms with van der Waals surface area (Å²) >= 11 is 0. The van der Waals surface area contributed by atoms with E-state index in [-0.39, 0.29) is 0 Å². The lowest BCUT2D eigenvalue weighted by atomic mass is 10.0. The van der Waals surface area contributed by atoms with Gasteiger partial charge < -0.3 is 9.67 Å². The number of fused-ring (bicyclic) bond motifs is 3. The normalized spacial score (nSPS) is 11.3. The van der Waals surface area contributed by atoms with E-state index in [0.717, 1.165) is 34.4 Å². The number of aromatic nitrogens is 1. The van der Waals surface area contributed by atoms with Crippen molar-refractivity contribution < 1.29 is 9.90 Å². The largest absolute Gasteiger partial charge is 0.478 e. The number of carboxylic acids is 1. The van der Waals surface area contributed by atoms with Gasteiger partial charge in [-0.05, 0) is 36.8 Å². The summed E-state index contributed by atoms with van der Waals surface area (Å²) < 4.78 is 2.16. The number of para-hydroxylation sites is 1. The van der Waals surface area contributed by atoms with Crippen molar-refractivity contribution in [3.05, 3.63) is 53.6 Å². The van der Waals surface area contributed by atoms with Gasteiger partial charge >= 0.3 is 5.97 Å². The van der Waals surface area contributed by atoms with E-state index in [9.17, 15) is 10.1 Å². The van der Waals surface area contributed by atoms with Crippen LogP contribution in [0, 0.1) is 11.3 Å². The van der Waals surface area contributed by atoms with Crippen molar-refractivity contribution in [3.63, 3.8) is 0 Å². The van der Waals surface area contributed by atoms with Crippen LogP contribution in [0.15, 0.2) is 42.5 Å². The van der Waals surface area contributed by atoms with E-state index in [1.54, 1.807) is 0 Å². The lowest BCUT2D eigenvalue weighted by Crippen LogP contribution is -1.94. The summed E-state index contributed by atoms with van der Waals surface area (Å²) in [4.78, 5) is 10.7. The minimum atomic E-state index is -1.03. The van der Waals surface area contributed by atoms with Gasteiger partial charge in [0.1, 0.15) is 0 Å². The summed E-state index contributed by atoms with van der Waals surface area (Å²) in [7, 11) is 0. The van der Waals surface area contributed by atoms with E-state index >= 15 is 0 Å². The van der Waals surface area contributed by atoms with Crippen LogP contribution >= 0.6 is 0 Å². The molecule has 0 aliphatic carbocycles. The molecule has 1 heterocycles. The first kappa shape index (κ1) is 13.9. The van der Waals surface area contributed by atoms with Crippen molar-refractivity contribution in [1.29, 1.82) is 5.26 Å². The van der Waals surface area contributed by atoms with Crippen molar-refractivity contribution >= 4 is 33.9 Å². The fourth-order valence-electron chi connectivity index (χ4n) is 2.85. The Morgan fingerprint density at radius 1 is 1.27 bits per heavy atom. The number of benzene rings is 2. The molecule has 0 amide bonds. The molecule has 0 fully saturated rings. The number of hydrogen-bond donors (Lipinski definition) is 1. The third-order valence-corrected chi connectivity index (χ3v) is 3.79. The van der Waals surface area contributed by atoms with Crippen LogP contribution in [0.25, 0.3) is 27.9 Å². The van der Waals surface area contributed by atoms with Gasteiger partial charge in [-0.2, -0.15) is 5.26 Å². The molecule has 0 atom stereocenters. The molecule has 0 radical (unpaired) electrons. The van der Waals surface area contributed by atoms with Crippen LogP contribution in [0.2, 0.25) is 0 Å².